The van der Waals surface area contributed by atoms with Crippen LogP contribution in [-0.4, -0.2) is 18.2 Å². The number of amides is 1. The Morgan fingerprint density at radius 1 is 1.25 bits per heavy atom. The van der Waals surface area contributed by atoms with E-state index < -0.39 is 6.09 Å². The minimum atomic E-state index is -0.481. The summed E-state index contributed by atoms with van der Waals surface area (Å²) in [6.07, 6.45) is 3.08. The lowest BCUT2D eigenvalue weighted by Crippen LogP contribution is -2.10. The molecule has 2 rings (SSSR count). The molecule has 1 heterocycles. The maximum atomic E-state index is 11.0. The van der Waals surface area contributed by atoms with Gasteiger partial charge in [0.05, 0.1) is 7.11 Å². The molecule has 2 aromatic rings. The summed E-state index contributed by atoms with van der Waals surface area (Å²) in [5.41, 5.74) is 2.73. The first-order valence-electron chi connectivity index (χ1n) is 5.96. The quantitative estimate of drug-likeness (QED) is 0.895. The molecule has 0 saturated heterocycles. The van der Waals surface area contributed by atoms with E-state index in [1.165, 1.54) is 7.11 Å². The molecule has 0 fully saturated rings. The SMILES string of the molecule is COC(=O)Nc1ccc(NCc2cncc(Br)c2)cc1. The maximum Gasteiger partial charge on any atom is 0.411 e. The molecular formula is C14H14BrN3O2. The summed E-state index contributed by atoms with van der Waals surface area (Å²) in [5, 5.41) is 5.87. The zero-order valence-electron chi connectivity index (χ0n) is 10.9. The van der Waals surface area contributed by atoms with Crippen LogP contribution in [0.5, 0.6) is 0 Å². The first kappa shape index (κ1) is 14.3. The van der Waals surface area contributed by atoms with Crippen LogP contribution in [0.25, 0.3) is 0 Å². The topological polar surface area (TPSA) is 63.2 Å². The third kappa shape index (κ3) is 4.24. The number of anilines is 2. The van der Waals surface area contributed by atoms with Gasteiger partial charge in [-0.3, -0.25) is 10.3 Å². The van der Waals surface area contributed by atoms with Gasteiger partial charge in [-0.05, 0) is 51.8 Å². The minimum absolute atomic E-state index is 0.481. The second kappa shape index (κ2) is 6.91. The molecule has 6 heteroatoms. The Morgan fingerprint density at radius 3 is 2.60 bits per heavy atom. The molecule has 0 radical (unpaired) electrons. The first-order chi connectivity index (χ1) is 9.67. The monoisotopic (exact) mass is 335 g/mol. The zero-order valence-corrected chi connectivity index (χ0v) is 12.5. The van der Waals surface area contributed by atoms with Gasteiger partial charge in [-0.2, -0.15) is 0 Å². The molecule has 104 valence electrons. The van der Waals surface area contributed by atoms with Crippen LogP contribution < -0.4 is 10.6 Å². The summed E-state index contributed by atoms with van der Waals surface area (Å²) in [5.74, 6) is 0. The number of ether oxygens (including phenoxy) is 1. The lowest BCUT2D eigenvalue weighted by molar-refractivity contribution is 0.187. The van der Waals surface area contributed by atoms with Crippen molar-refractivity contribution in [1.82, 2.24) is 4.98 Å². The van der Waals surface area contributed by atoms with Gasteiger partial charge in [0.2, 0.25) is 0 Å². The number of halogens is 1. The number of aromatic nitrogens is 1. The number of hydrogen-bond donors (Lipinski definition) is 2. The van der Waals surface area contributed by atoms with Gasteiger partial charge in [0.25, 0.3) is 0 Å². The van der Waals surface area contributed by atoms with E-state index in [1.54, 1.807) is 18.3 Å². The van der Waals surface area contributed by atoms with E-state index in [2.05, 4.69) is 36.3 Å². The van der Waals surface area contributed by atoms with Crippen molar-refractivity contribution in [3.05, 3.63) is 52.8 Å². The molecule has 0 aliphatic carbocycles. The molecule has 1 aromatic carbocycles. The van der Waals surface area contributed by atoms with Gasteiger partial charge >= 0.3 is 6.09 Å². The molecule has 1 aromatic heterocycles. The molecule has 0 saturated carbocycles. The highest BCUT2D eigenvalue weighted by Crippen LogP contribution is 2.15. The normalized spacial score (nSPS) is 9.90. The Bertz CT molecular complexity index is 587. The summed E-state index contributed by atoms with van der Waals surface area (Å²) >= 11 is 3.39. The average Bonchev–Trinajstić information content (AvgIpc) is 2.46. The van der Waals surface area contributed by atoms with Crippen LogP contribution in [0.15, 0.2) is 47.2 Å². The van der Waals surface area contributed by atoms with Crippen LogP contribution in [0.3, 0.4) is 0 Å². The molecule has 0 aliphatic rings. The second-order valence-corrected chi connectivity index (χ2v) is 4.97. The highest BCUT2D eigenvalue weighted by molar-refractivity contribution is 9.10. The predicted octanol–water partition coefficient (Wildman–Crippen LogP) is 3.63. The fourth-order valence-electron chi connectivity index (χ4n) is 1.60. The number of hydrogen-bond acceptors (Lipinski definition) is 4. The van der Waals surface area contributed by atoms with Crippen LogP contribution in [0, 0.1) is 0 Å². The van der Waals surface area contributed by atoms with Crippen LogP contribution in [0.4, 0.5) is 16.2 Å². The fraction of sp³-hybridized carbons (Fsp3) is 0.143. The van der Waals surface area contributed by atoms with E-state index in [9.17, 15) is 4.79 Å². The molecule has 2 N–H and O–H groups in total. The van der Waals surface area contributed by atoms with E-state index in [1.807, 2.05) is 24.4 Å². The van der Waals surface area contributed by atoms with E-state index in [4.69, 9.17) is 0 Å². The molecule has 5 nitrogen and oxygen atoms in total. The van der Waals surface area contributed by atoms with Gasteiger partial charge in [0, 0.05) is 34.8 Å². The van der Waals surface area contributed by atoms with Crippen molar-refractivity contribution < 1.29 is 9.53 Å². The molecule has 0 atom stereocenters. The molecule has 0 bridgehead atoms. The van der Waals surface area contributed by atoms with Gasteiger partial charge in [0.15, 0.2) is 0 Å². The third-order valence-corrected chi connectivity index (χ3v) is 3.01. The smallest absolute Gasteiger partial charge is 0.411 e. The number of rotatable bonds is 4. The summed E-state index contributed by atoms with van der Waals surface area (Å²) in [6.45, 7) is 0.677. The minimum Gasteiger partial charge on any atom is -0.453 e. The van der Waals surface area contributed by atoms with Crippen molar-refractivity contribution in [2.45, 2.75) is 6.54 Å². The average molecular weight is 336 g/mol. The van der Waals surface area contributed by atoms with Crippen molar-refractivity contribution in [2.75, 3.05) is 17.7 Å². The molecule has 20 heavy (non-hydrogen) atoms. The number of nitrogens with one attached hydrogen (secondary N) is 2. The largest absolute Gasteiger partial charge is 0.453 e. The summed E-state index contributed by atoms with van der Waals surface area (Å²) in [6, 6.07) is 9.39. The summed E-state index contributed by atoms with van der Waals surface area (Å²) in [7, 11) is 1.33. The Morgan fingerprint density at radius 2 is 1.95 bits per heavy atom. The fourth-order valence-corrected chi connectivity index (χ4v) is 2.01. The number of nitrogens with zero attached hydrogens (tertiary/aromatic N) is 1. The first-order valence-corrected chi connectivity index (χ1v) is 6.75. The Balaban J connectivity index is 1.92. The maximum absolute atomic E-state index is 11.0. The highest BCUT2D eigenvalue weighted by atomic mass is 79.9. The molecule has 0 unspecified atom stereocenters. The van der Waals surface area contributed by atoms with Crippen molar-refractivity contribution in [3.8, 4) is 0 Å². The number of benzene rings is 1. The van der Waals surface area contributed by atoms with E-state index in [0.717, 1.165) is 15.7 Å². The predicted molar refractivity (Wildman–Crippen MR) is 81.7 cm³/mol. The summed E-state index contributed by atoms with van der Waals surface area (Å²) in [4.78, 5) is 15.2. The van der Waals surface area contributed by atoms with Gasteiger partial charge < -0.3 is 10.1 Å². The van der Waals surface area contributed by atoms with Gasteiger partial charge in [-0.15, -0.1) is 0 Å². The van der Waals surface area contributed by atoms with E-state index in [-0.39, 0.29) is 0 Å². The standard InChI is InChI=1S/C14H14BrN3O2/c1-20-14(19)18-13-4-2-12(3-5-13)17-8-10-6-11(15)9-16-7-10/h2-7,9,17H,8H2,1H3,(H,18,19). The van der Waals surface area contributed by atoms with Crippen molar-refractivity contribution >= 4 is 33.4 Å². The van der Waals surface area contributed by atoms with E-state index in [0.29, 0.717) is 12.2 Å². The Kier molecular flexibility index (Phi) is 4.95. The van der Waals surface area contributed by atoms with Crippen molar-refractivity contribution in [1.29, 1.82) is 0 Å². The summed E-state index contributed by atoms with van der Waals surface area (Å²) < 4.78 is 5.48. The van der Waals surface area contributed by atoms with Gasteiger partial charge in [-0.1, -0.05) is 0 Å². The highest BCUT2D eigenvalue weighted by Gasteiger charge is 2.00. The molecule has 0 aliphatic heterocycles. The Hall–Kier alpha value is -2.08. The number of carbonyl (C=O) groups excluding carboxylic acids is 1. The van der Waals surface area contributed by atoms with Gasteiger partial charge in [-0.25, -0.2) is 4.79 Å². The van der Waals surface area contributed by atoms with E-state index >= 15 is 0 Å². The number of pyridine rings is 1. The van der Waals surface area contributed by atoms with Gasteiger partial charge in [0.1, 0.15) is 0 Å². The molecule has 1 amide bonds. The van der Waals surface area contributed by atoms with Crippen molar-refractivity contribution in [2.24, 2.45) is 0 Å². The lowest BCUT2D eigenvalue weighted by atomic mass is 10.2. The lowest BCUT2D eigenvalue weighted by Gasteiger charge is -2.08. The van der Waals surface area contributed by atoms with Crippen LogP contribution in [0.2, 0.25) is 0 Å². The number of methoxy groups -OCH3 is 1. The van der Waals surface area contributed by atoms with Crippen LogP contribution >= 0.6 is 15.9 Å². The molecular weight excluding hydrogens is 322 g/mol. The van der Waals surface area contributed by atoms with Crippen molar-refractivity contribution in [3.63, 3.8) is 0 Å². The van der Waals surface area contributed by atoms with Crippen LogP contribution in [0.1, 0.15) is 5.56 Å². The second-order valence-electron chi connectivity index (χ2n) is 4.06. The molecule has 0 spiro atoms. The zero-order chi connectivity index (χ0) is 14.4. The Labute approximate surface area is 125 Å². The number of carbonyl (C=O) groups is 1. The van der Waals surface area contributed by atoms with Crippen LogP contribution in [-0.2, 0) is 11.3 Å². The third-order valence-electron chi connectivity index (χ3n) is 2.57.